The maximum atomic E-state index is 13.5. The molecule has 0 aromatic heterocycles. The van der Waals surface area contributed by atoms with Gasteiger partial charge < -0.3 is 59.5 Å². The van der Waals surface area contributed by atoms with Gasteiger partial charge in [0, 0.05) is 32.1 Å². The summed E-state index contributed by atoms with van der Waals surface area (Å²) in [6.07, 6.45) is -18.0. The fourth-order valence-electron chi connectivity index (χ4n) is 8.79. The summed E-state index contributed by atoms with van der Waals surface area (Å²) in [5.41, 5.74) is 40.9. The minimum Gasteiger partial charge on any atom is -0.445 e. The molecule has 2 aliphatic heterocycles. The van der Waals surface area contributed by atoms with E-state index in [1.165, 1.54) is 6.92 Å². The lowest BCUT2D eigenvalue weighted by Crippen LogP contribution is -2.69. The predicted molar refractivity (Wildman–Crippen MR) is 244 cm³/mol. The zero-order valence-corrected chi connectivity index (χ0v) is 37.8. The zero-order valence-electron chi connectivity index (χ0n) is 37.8. The summed E-state index contributed by atoms with van der Waals surface area (Å²) in [4.78, 5) is 37.6. The first-order valence-corrected chi connectivity index (χ1v) is 22.4. The molecule has 0 spiro atoms. The van der Waals surface area contributed by atoms with Gasteiger partial charge in [0.15, 0.2) is 6.29 Å². The van der Waals surface area contributed by atoms with Crippen molar-refractivity contribution in [3.63, 3.8) is 0 Å². The van der Waals surface area contributed by atoms with Crippen LogP contribution in [0.25, 0.3) is 41.8 Å². The summed E-state index contributed by atoms with van der Waals surface area (Å²) in [5, 5.41) is 66.5. The van der Waals surface area contributed by atoms with Gasteiger partial charge in [-0.1, -0.05) is 111 Å². The van der Waals surface area contributed by atoms with Gasteiger partial charge in [-0.05, 0) is 58.6 Å². The molecule has 3 aliphatic rings. The number of nitrogens with zero attached hydrogens (tertiary/aromatic N) is 12. The number of aliphatic hydroxyl groups excluding tert-OH is 4. The summed E-state index contributed by atoms with van der Waals surface area (Å²) in [7, 11) is 0. The molecule has 0 bridgehead atoms. The number of benzene rings is 3. The van der Waals surface area contributed by atoms with E-state index >= 15 is 0 Å². The maximum absolute atomic E-state index is 13.5. The Labute approximate surface area is 400 Å². The van der Waals surface area contributed by atoms with Gasteiger partial charge in [-0.2, -0.15) is 0 Å². The largest absolute Gasteiger partial charge is 0.445 e. The number of aliphatic hydroxyl groups is 4. The number of azide groups is 4. The smallest absolute Gasteiger partial charge is 0.407 e. The van der Waals surface area contributed by atoms with Gasteiger partial charge in [0.25, 0.3) is 0 Å². The molecule has 26 heteroatoms. The normalized spacial score (nSPS) is 30.9. The van der Waals surface area contributed by atoms with Gasteiger partial charge >= 0.3 is 6.09 Å². The Kier molecular flexibility index (Phi) is 19.8. The Morgan fingerprint density at radius 1 is 0.729 bits per heavy atom. The number of nitrogens with one attached hydrogen (secondary N) is 2. The van der Waals surface area contributed by atoms with Crippen molar-refractivity contribution in [2.45, 2.75) is 131 Å². The van der Waals surface area contributed by atoms with E-state index in [-0.39, 0.29) is 45.8 Å². The summed E-state index contributed by atoms with van der Waals surface area (Å²) < 4.78 is 37.4. The molecular weight excluding hydrogens is 917 g/mol. The van der Waals surface area contributed by atoms with E-state index in [4.69, 9.17) is 28.4 Å². The van der Waals surface area contributed by atoms with Crippen LogP contribution < -0.4 is 10.6 Å². The lowest BCUT2D eigenvalue weighted by atomic mass is 9.71. The van der Waals surface area contributed by atoms with Crippen LogP contribution in [0.5, 0.6) is 0 Å². The van der Waals surface area contributed by atoms with Crippen LogP contribution in [0, 0.1) is 5.92 Å². The number of hydrogen-bond acceptors (Lipinski definition) is 16. The third-order valence-corrected chi connectivity index (χ3v) is 12.2. The molecule has 2 heterocycles. The predicted octanol–water partition coefficient (Wildman–Crippen LogP) is 4.67. The summed E-state index contributed by atoms with van der Waals surface area (Å²) >= 11 is 0. The van der Waals surface area contributed by atoms with Crippen LogP contribution in [0.3, 0.4) is 0 Å². The van der Waals surface area contributed by atoms with Crippen molar-refractivity contribution < 1.29 is 58.4 Å². The lowest BCUT2D eigenvalue weighted by molar-refractivity contribution is -0.307. The molecular formula is C44H54N14O12. The third-order valence-electron chi connectivity index (χ3n) is 12.2. The summed E-state index contributed by atoms with van der Waals surface area (Å²) in [6, 6.07) is 21.6. The second-order valence-corrected chi connectivity index (χ2v) is 16.7. The fraction of sp³-hybridized carbons (Fsp3) is 0.545. The number of rotatable bonds is 21. The summed E-state index contributed by atoms with van der Waals surface area (Å²) in [6.45, 7) is 0.873. The molecule has 26 nitrogen and oxygen atoms in total. The first-order chi connectivity index (χ1) is 34.0. The maximum Gasteiger partial charge on any atom is 0.407 e. The van der Waals surface area contributed by atoms with Crippen LogP contribution in [0.15, 0.2) is 111 Å². The van der Waals surface area contributed by atoms with Crippen LogP contribution in [-0.4, -0.2) is 137 Å². The first kappa shape index (κ1) is 52.6. The van der Waals surface area contributed by atoms with Crippen molar-refractivity contribution in [1.29, 1.82) is 0 Å². The molecule has 3 aromatic carbocycles. The Hall–Kier alpha value is -6.72. The number of ether oxygens (including phenoxy) is 6. The van der Waals surface area contributed by atoms with Crippen LogP contribution in [-0.2, 0) is 53.0 Å². The molecule has 6 rings (SSSR count). The number of hydrogen-bond donors (Lipinski definition) is 6. The highest BCUT2D eigenvalue weighted by Crippen LogP contribution is 2.41. The lowest BCUT2D eigenvalue weighted by Gasteiger charge is -2.52. The Morgan fingerprint density at radius 2 is 1.30 bits per heavy atom. The Balaban J connectivity index is 1.30. The monoisotopic (exact) mass is 970 g/mol. The van der Waals surface area contributed by atoms with Gasteiger partial charge in [0.1, 0.15) is 37.1 Å². The molecule has 0 radical (unpaired) electrons. The fourth-order valence-corrected chi connectivity index (χ4v) is 8.79. The van der Waals surface area contributed by atoms with E-state index in [0.717, 1.165) is 16.7 Å². The molecule has 6 N–H and O–H groups in total. The van der Waals surface area contributed by atoms with Crippen molar-refractivity contribution in [3.8, 4) is 0 Å². The van der Waals surface area contributed by atoms with Crippen molar-refractivity contribution in [2.75, 3.05) is 13.1 Å². The van der Waals surface area contributed by atoms with Crippen LogP contribution in [0.2, 0.25) is 0 Å². The van der Waals surface area contributed by atoms with Gasteiger partial charge in [-0.3, -0.25) is 4.79 Å². The standard InChI is InChI=1S/C44H54N14O12/c1-24-33(53-57-47)36(61)37(62)40(68-24)32-35(60)28(51-42(63)30(59)17-18-49-44(64)67-23-27-15-9-4-10-16-27)19-29(52-56-46)38(32)70-43-34(54-58-48)41(66-22-26-13-7-3-8-14-26)39(31(69-43)20-50-55-45)65-21-25-11-5-2-6-12-25/h2-16,24,28-41,43,59-62H,17-23H2,1H3,(H,49,64)(H,51,63)/t24-,28-,29+,30+,31-,32-,33-,34-,35+,36+,37-,38-,39-,40+,41-,43-/m1/s1. The molecule has 70 heavy (non-hydrogen) atoms. The zero-order chi connectivity index (χ0) is 50.0. The highest BCUT2D eigenvalue weighted by Gasteiger charge is 2.57. The molecule has 1 aliphatic carbocycles. The number of carbonyl (C=O) groups is 2. The molecule has 2 amide bonds. The van der Waals surface area contributed by atoms with Crippen molar-refractivity contribution in [3.05, 3.63) is 149 Å². The minimum atomic E-state index is -1.91. The van der Waals surface area contributed by atoms with Gasteiger partial charge in [0.2, 0.25) is 5.91 Å². The molecule has 16 atom stereocenters. The number of alkyl carbamates (subject to hydrolysis) is 1. The van der Waals surface area contributed by atoms with Crippen molar-refractivity contribution in [1.82, 2.24) is 10.6 Å². The molecule has 372 valence electrons. The molecule has 1 saturated carbocycles. The quantitative estimate of drug-likeness (QED) is 0.0482. The van der Waals surface area contributed by atoms with E-state index in [1.54, 1.807) is 48.5 Å². The highest BCUT2D eigenvalue weighted by molar-refractivity contribution is 5.81. The van der Waals surface area contributed by atoms with E-state index in [1.807, 2.05) is 42.5 Å². The highest BCUT2D eigenvalue weighted by atomic mass is 16.7. The van der Waals surface area contributed by atoms with Gasteiger partial charge in [0.05, 0.1) is 74.5 Å². The second kappa shape index (κ2) is 26.3. The molecule has 3 fully saturated rings. The molecule has 2 saturated heterocycles. The second-order valence-electron chi connectivity index (χ2n) is 16.7. The van der Waals surface area contributed by atoms with Gasteiger partial charge in [-0.25, -0.2) is 4.79 Å². The van der Waals surface area contributed by atoms with E-state index in [2.05, 4.69) is 50.7 Å². The van der Waals surface area contributed by atoms with Crippen LogP contribution >= 0.6 is 0 Å². The molecule has 0 unspecified atom stereocenters. The first-order valence-electron chi connectivity index (χ1n) is 22.4. The average molecular weight is 971 g/mol. The SMILES string of the molecule is C[C@H]1O[C@@H]([C@@H]2[C@@H](O)[C@H](NC(=O)[C@@H](O)CCNC(=O)OCc3ccccc3)C[C@H](N=[N+]=[N-])[C@H]2O[C@H]2O[C@H](CN=[N+]=[N-])[C@@H](OCc3ccccc3)[C@H](OCc3ccccc3)[C@H]2N=[N+]=[N-])[C@H](O)[C@@H](O)[C@@H]1N=[N+]=[N-]. The number of amides is 2. The Bertz CT molecular complexity index is 2360. The third kappa shape index (κ3) is 13.7. The van der Waals surface area contributed by atoms with E-state index in [0.29, 0.717) is 0 Å². The van der Waals surface area contributed by atoms with Crippen molar-refractivity contribution in [2.24, 2.45) is 26.4 Å². The van der Waals surface area contributed by atoms with Crippen LogP contribution in [0.4, 0.5) is 4.79 Å². The van der Waals surface area contributed by atoms with E-state index in [9.17, 15) is 52.1 Å². The number of carbonyl (C=O) groups excluding carboxylic acids is 2. The van der Waals surface area contributed by atoms with Gasteiger partial charge in [-0.15, -0.1) is 0 Å². The topological polar surface area (TPSA) is 390 Å². The average Bonchev–Trinajstić information content (AvgIpc) is 3.37. The minimum absolute atomic E-state index is 0.0173. The Morgan fingerprint density at radius 3 is 1.89 bits per heavy atom. The van der Waals surface area contributed by atoms with Crippen LogP contribution in [0.1, 0.15) is 36.5 Å². The summed E-state index contributed by atoms with van der Waals surface area (Å²) in [5.74, 6) is -2.56. The van der Waals surface area contributed by atoms with E-state index < -0.39 is 109 Å². The van der Waals surface area contributed by atoms with Crippen molar-refractivity contribution >= 4 is 12.0 Å². The molecule has 3 aromatic rings.